The molecule has 9 heteroatoms. The van der Waals surface area contributed by atoms with Gasteiger partial charge in [-0.15, -0.1) is 0 Å². The smallest absolute Gasteiger partial charge is 0.240 e. The lowest BCUT2D eigenvalue weighted by Gasteiger charge is -2.28. The fourth-order valence-corrected chi connectivity index (χ4v) is 5.76. The highest BCUT2D eigenvalue weighted by atomic mass is 79.9. The lowest BCUT2D eigenvalue weighted by atomic mass is 10.1. The normalized spacial score (nSPS) is 15.3. The van der Waals surface area contributed by atoms with Crippen LogP contribution in [0.2, 0.25) is 0 Å². The molecule has 0 bridgehead atoms. The van der Waals surface area contributed by atoms with Gasteiger partial charge in [-0.2, -0.15) is 0 Å². The molecule has 4 rings (SSSR count). The third kappa shape index (κ3) is 7.89. The Kier molecular flexibility index (Phi) is 9.96. The van der Waals surface area contributed by atoms with Crippen LogP contribution in [-0.4, -0.2) is 57.4 Å². The molecular formula is C29H35BrN4O3S. The first kappa shape index (κ1) is 28.3. The summed E-state index contributed by atoms with van der Waals surface area (Å²) >= 11 is 3.59. The second-order valence-electron chi connectivity index (χ2n) is 9.51. The van der Waals surface area contributed by atoms with Gasteiger partial charge in [-0.05, 0) is 66.9 Å². The summed E-state index contributed by atoms with van der Waals surface area (Å²) in [5.41, 5.74) is 4.35. The molecule has 2 N–H and O–H groups in total. The van der Waals surface area contributed by atoms with Crippen molar-refractivity contribution in [1.82, 2.24) is 14.5 Å². The molecule has 0 saturated heterocycles. The summed E-state index contributed by atoms with van der Waals surface area (Å²) in [5.74, 6) is 0.0850. The molecule has 0 aromatic heterocycles. The molecule has 0 fully saturated rings. The molecule has 0 radical (unpaired) electrons. The number of halogens is 1. The number of benzene rings is 3. The van der Waals surface area contributed by atoms with E-state index >= 15 is 0 Å². The molecule has 1 aliphatic rings. The molecular weight excluding hydrogens is 564 g/mol. The second-order valence-corrected chi connectivity index (χ2v) is 12.3. The first-order valence-corrected chi connectivity index (χ1v) is 15.2. The van der Waals surface area contributed by atoms with Crippen LogP contribution >= 0.6 is 15.9 Å². The van der Waals surface area contributed by atoms with E-state index in [0.717, 1.165) is 53.9 Å². The Morgan fingerprint density at radius 3 is 2.47 bits per heavy atom. The molecule has 0 unspecified atom stereocenters. The number of rotatable bonds is 7. The molecule has 1 heterocycles. The molecule has 0 aliphatic carbocycles. The van der Waals surface area contributed by atoms with E-state index < -0.39 is 10.0 Å². The van der Waals surface area contributed by atoms with Gasteiger partial charge in [0.05, 0.1) is 4.90 Å². The van der Waals surface area contributed by atoms with Crippen molar-refractivity contribution in [2.45, 2.75) is 37.2 Å². The predicted octanol–water partition coefficient (Wildman–Crippen LogP) is 4.64. The zero-order valence-corrected chi connectivity index (χ0v) is 24.1. The minimum absolute atomic E-state index is 0.0850. The van der Waals surface area contributed by atoms with Crippen LogP contribution in [0.5, 0.6) is 0 Å². The zero-order chi connectivity index (χ0) is 27.0. The number of nitrogens with zero attached hydrogens (tertiary/aromatic N) is 2. The van der Waals surface area contributed by atoms with Crippen molar-refractivity contribution in [2.24, 2.45) is 0 Å². The highest BCUT2D eigenvalue weighted by Crippen LogP contribution is 2.24. The standard InChI is InChI=1S/C29H35BrN4O3S/c1-31-38(36,37)27-12-8-23(9-13-27)10-15-29(35)34-19-18-33(21-24-6-3-2-4-7-24)17-5-16-32-28-14-11-26(30)20-25(28)22-34/h2-4,6-9,11-14,20,31-32H,5,10,15-19,21-22H2,1H3. The topological polar surface area (TPSA) is 81.8 Å². The molecule has 1 amide bonds. The van der Waals surface area contributed by atoms with Crippen molar-refractivity contribution in [3.8, 4) is 0 Å². The summed E-state index contributed by atoms with van der Waals surface area (Å²) in [6.07, 6.45) is 1.91. The van der Waals surface area contributed by atoms with E-state index in [0.29, 0.717) is 25.9 Å². The molecule has 3 aromatic rings. The molecule has 7 nitrogen and oxygen atoms in total. The Morgan fingerprint density at radius 1 is 0.974 bits per heavy atom. The number of anilines is 1. The number of sulfonamides is 1. The summed E-state index contributed by atoms with van der Waals surface area (Å²) in [5, 5.41) is 3.57. The Bertz CT molecular complexity index is 1320. The second kappa shape index (κ2) is 13.4. The van der Waals surface area contributed by atoms with Crippen molar-refractivity contribution in [2.75, 3.05) is 38.5 Å². The van der Waals surface area contributed by atoms with Gasteiger partial charge in [-0.3, -0.25) is 9.69 Å². The van der Waals surface area contributed by atoms with E-state index in [9.17, 15) is 13.2 Å². The van der Waals surface area contributed by atoms with E-state index in [1.54, 1.807) is 24.3 Å². The summed E-state index contributed by atoms with van der Waals surface area (Å²) in [6, 6.07) is 23.4. The maximum atomic E-state index is 13.5. The van der Waals surface area contributed by atoms with E-state index in [-0.39, 0.29) is 10.8 Å². The number of carbonyl (C=O) groups excluding carboxylic acids is 1. The number of carbonyl (C=O) groups is 1. The number of fused-ring (bicyclic) bond motifs is 1. The summed E-state index contributed by atoms with van der Waals surface area (Å²) in [4.78, 5) is 18.1. The quantitative estimate of drug-likeness (QED) is 0.414. The summed E-state index contributed by atoms with van der Waals surface area (Å²) in [7, 11) is -2.09. The van der Waals surface area contributed by atoms with E-state index in [1.165, 1.54) is 12.6 Å². The van der Waals surface area contributed by atoms with Gasteiger partial charge in [0.15, 0.2) is 0 Å². The number of hydrogen-bond acceptors (Lipinski definition) is 5. The van der Waals surface area contributed by atoms with Gasteiger partial charge in [-0.1, -0.05) is 58.4 Å². The third-order valence-corrected chi connectivity index (χ3v) is 8.74. The van der Waals surface area contributed by atoms with Crippen molar-refractivity contribution in [3.05, 3.63) is 94.0 Å². The average Bonchev–Trinajstić information content (AvgIpc) is 2.96. The highest BCUT2D eigenvalue weighted by molar-refractivity contribution is 9.10. The fourth-order valence-electron chi connectivity index (χ4n) is 4.63. The largest absolute Gasteiger partial charge is 0.385 e. The molecule has 0 atom stereocenters. The number of nitrogens with one attached hydrogen (secondary N) is 2. The van der Waals surface area contributed by atoms with Crippen molar-refractivity contribution < 1.29 is 13.2 Å². The van der Waals surface area contributed by atoms with Crippen LogP contribution in [0.3, 0.4) is 0 Å². The number of aryl methyl sites for hydroxylation is 1. The Balaban J connectivity index is 1.48. The molecule has 0 saturated carbocycles. The SMILES string of the molecule is CNS(=O)(=O)c1ccc(CCC(=O)N2CCN(Cc3ccccc3)CCCNc3ccc(Br)cc3C2)cc1. The Hall–Kier alpha value is -2.72. The third-order valence-electron chi connectivity index (χ3n) is 6.81. The van der Waals surface area contributed by atoms with Crippen LogP contribution in [0, 0.1) is 0 Å². The van der Waals surface area contributed by atoms with E-state index in [4.69, 9.17) is 0 Å². The summed E-state index contributed by atoms with van der Waals surface area (Å²) < 4.78 is 27.3. The van der Waals surface area contributed by atoms with Crippen molar-refractivity contribution >= 4 is 37.5 Å². The Labute approximate surface area is 234 Å². The molecule has 3 aromatic carbocycles. The van der Waals surface area contributed by atoms with E-state index in [2.05, 4.69) is 67.3 Å². The van der Waals surface area contributed by atoms with Gasteiger partial charge in [0.25, 0.3) is 0 Å². The monoisotopic (exact) mass is 598 g/mol. The number of hydrogen-bond donors (Lipinski definition) is 2. The van der Waals surface area contributed by atoms with Gasteiger partial charge in [0.1, 0.15) is 0 Å². The highest BCUT2D eigenvalue weighted by Gasteiger charge is 2.19. The predicted molar refractivity (Wildman–Crippen MR) is 155 cm³/mol. The van der Waals surface area contributed by atoms with Gasteiger partial charge < -0.3 is 10.2 Å². The van der Waals surface area contributed by atoms with Gasteiger partial charge in [0, 0.05) is 55.8 Å². The Morgan fingerprint density at radius 2 is 1.74 bits per heavy atom. The van der Waals surface area contributed by atoms with Crippen LogP contribution < -0.4 is 10.0 Å². The number of amides is 1. The van der Waals surface area contributed by atoms with E-state index in [1.807, 2.05) is 17.0 Å². The lowest BCUT2D eigenvalue weighted by molar-refractivity contribution is -0.132. The zero-order valence-electron chi connectivity index (χ0n) is 21.7. The first-order valence-electron chi connectivity index (χ1n) is 12.9. The van der Waals surface area contributed by atoms with Crippen LogP contribution in [0.15, 0.2) is 82.2 Å². The molecule has 0 spiro atoms. The first-order chi connectivity index (χ1) is 18.3. The average molecular weight is 600 g/mol. The van der Waals surface area contributed by atoms with Gasteiger partial charge in [0.2, 0.25) is 15.9 Å². The van der Waals surface area contributed by atoms with Crippen LogP contribution in [-0.2, 0) is 34.3 Å². The van der Waals surface area contributed by atoms with Crippen molar-refractivity contribution in [3.63, 3.8) is 0 Å². The minimum atomic E-state index is -3.48. The summed E-state index contributed by atoms with van der Waals surface area (Å²) in [6.45, 7) is 4.62. The van der Waals surface area contributed by atoms with Crippen LogP contribution in [0.25, 0.3) is 0 Å². The van der Waals surface area contributed by atoms with Gasteiger partial charge >= 0.3 is 0 Å². The molecule has 38 heavy (non-hydrogen) atoms. The molecule has 202 valence electrons. The lowest BCUT2D eigenvalue weighted by Crippen LogP contribution is -2.38. The minimum Gasteiger partial charge on any atom is -0.385 e. The van der Waals surface area contributed by atoms with Crippen molar-refractivity contribution in [1.29, 1.82) is 0 Å². The van der Waals surface area contributed by atoms with Gasteiger partial charge in [-0.25, -0.2) is 13.1 Å². The van der Waals surface area contributed by atoms with Crippen LogP contribution in [0.1, 0.15) is 29.5 Å². The van der Waals surface area contributed by atoms with Crippen LogP contribution in [0.4, 0.5) is 5.69 Å². The maximum absolute atomic E-state index is 13.5. The maximum Gasteiger partial charge on any atom is 0.240 e. The molecule has 1 aliphatic heterocycles. The fraction of sp³-hybridized carbons (Fsp3) is 0.345.